The zero-order valence-corrected chi connectivity index (χ0v) is 12.1. The Morgan fingerprint density at radius 1 is 1.33 bits per heavy atom. The number of amides is 1. The van der Waals surface area contributed by atoms with Gasteiger partial charge in [-0.2, -0.15) is 0 Å². The number of nitrogens with zero attached hydrogens (tertiary/aromatic N) is 2. The van der Waals surface area contributed by atoms with Gasteiger partial charge in [-0.25, -0.2) is 0 Å². The Labute approximate surface area is 127 Å². The number of hydrogen-bond donors (Lipinski definition) is 1. The summed E-state index contributed by atoms with van der Waals surface area (Å²) in [6.45, 7) is 1.31. The van der Waals surface area contributed by atoms with Gasteiger partial charge in [-0.05, 0) is 30.7 Å². The van der Waals surface area contributed by atoms with Gasteiger partial charge in [-0.15, -0.1) is 0 Å². The van der Waals surface area contributed by atoms with Gasteiger partial charge in [0.1, 0.15) is 0 Å². The van der Waals surface area contributed by atoms with Gasteiger partial charge in [-0.3, -0.25) is 14.9 Å². The third-order valence-electron chi connectivity index (χ3n) is 4.54. The lowest BCUT2D eigenvalue weighted by atomic mass is 9.98. The molecule has 1 heterocycles. The maximum atomic E-state index is 12.5. The van der Waals surface area contributed by atoms with Crippen LogP contribution in [0.5, 0.6) is 0 Å². The number of non-ortho nitro benzene ring substituents is 1. The van der Waals surface area contributed by atoms with Gasteiger partial charge in [0, 0.05) is 41.9 Å². The van der Waals surface area contributed by atoms with E-state index in [0.717, 1.165) is 12.8 Å². The maximum absolute atomic E-state index is 12.5. The van der Waals surface area contributed by atoms with E-state index in [1.54, 1.807) is 4.90 Å². The van der Waals surface area contributed by atoms with Crippen LogP contribution in [0, 0.1) is 22.0 Å². The van der Waals surface area contributed by atoms with Gasteiger partial charge in [-0.1, -0.05) is 11.6 Å². The van der Waals surface area contributed by atoms with Crippen molar-refractivity contribution in [2.45, 2.75) is 18.9 Å². The molecule has 1 aliphatic heterocycles. The van der Waals surface area contributed by atoms with Crippen molar-refractivity contribution < 1.29 is 9.72 Å². The van der Waals surface area contributed by atoms with Crippen LogP contribution in [0.1, 0.15) is 23.2 Å². The van der Waals surface area contributed by atoms with E-state index in [2.05, 4.69) is 0 Å². The van der Waals surface area contributed by atoms with E-state index in [-0.39, 0.29) is 28.2 Å². The molecular weight excluding hydrogens is 294 g/mol. The number of carbonyl (C=O) groups is 1. The smallest absolute Gasteiger partial charge is 0.271 e. The van der Waals surface area contributed by atoms with Gasteiger partial charge in [0.05, 0.1) is 4.92 Å². The van der Waals surface area contributed by atoms with Crippen molar-refractivity contribution in [2.75, 3.05) is 13.1 Å². The Morgan fingerprint density at radius 2 is 2.10 bits per heavy atom. The Balaban J connectivity index is 1.82. The van der Waals surface area contributed by atoms with Crippen molar-refractivity contribution in [3.8, 4) is 0 Å². The van der Waals surface area contributed by atoms with E-state index in [1.807, 2.05) is 0 Å². The van der Waals surface area contributed by atoms with Gasteiger partial charge < -0.3 is 10.6 Å². The first-order valence-electron chi connectivity index (χ1n) is 6.95. The number of halogens is 1. The number of benzene rings is 1. The monoisotopic (exact) mass is 309 g/mol. The first-order valence-corrected chi connectivity index (χ1v) is 7.33. The number of nitro groups is 1. The largest absolute Gasteiger partial charge is 0.338 e. The van der Waals surface area contributed by atoms with Crippen molar-refractivity contribution in [1.82, 2.24) is 4.90 Å². The molecule has 0 radical (unpaired) electrons. The summed E-state index contributed by atoms with van der Waals surface area (Å²) in [5.74, 6) is 0.600. The molecule has 7 heteroatoms. The predicted molar refractivity (Wildman–Crippen MR) is 78.2 cm³/mol. The lowest BCUT2D eigenvalue weighted by Gasteiger charge is -2.18. The highest BCUT2D eigenvalue weighted by atomic mass is 35.5. The summed E-state index contributed by atoms with van der Waals surface area (Å²) in [5.41, 5.74) is 6.16. The summed E-state index contributed by atoms with van der Waals surface area (Å²) in [5, 5.41) is 11.1. The fourth-order valence-corrected chi connectivity index (χ4v) is 3.69. The van der Waals surface area contributed by atoms with Crippen LogP contribution in [0.25, 0.3) is 0 Å². The SMILES string of the molecule is NC1CCC2CN(C(=O)c3cc(Cl)cc([N+](=O)[O-])c3)CC12. The molecule has 1 aromatic carbocycles. The number of fused-ring (bicyclic) bond motifs is 1. The molecule has 2 fully saturated rings. The molecule has 21 heavy (non-hydrogen) atoms. The van der Waals surface area contributed by atoms with E-state index in [9.17, 15) is 14.9 Å². The molecule has 1 aliphatic carbocycles. The van der Waals surface area contributed by atoms with Gasteiger partial charge in [0.2, 0.25) is 0 Å². The second kappa shape index (κ2) is 5.27. The minimum atomic E-state index is -0.544. The highest BCUT2D eigenvalue weighted by Gasteiger charge is 2.42. The zero-order chi connectivity index (χ0) is 15.1. The molecule has 1 amide bonds. The maximum Gasteiger partial charge on any atom is 0.271 e. The summed E-state index contributed by atoms with van der Waals surface area (Å²) in [7, 11) is 0. The topological polar surface area (TPSA) is 89.5 Å². The number of likely N-dealkylation sites (tertiary alicyclic amines) is 1. The second-order valence-electron chi connectivity index (χ2n) is 5.83. The van der Waals surface area contributed by atoms with Crippen molar-refractivity contribution in [2.24, 2.45) is 17.6 Å². The summed E-state index contributed by atoms with van der Waals surface area (Å²) in [4.78, 5) is 24.6. The molecule has 2 aliphatic rings. The molecule has 1 saturated heterocycles. The summed E-state index contributed by atoms with van der Waals surface area (Å²) < 4.78 is 0. The van der Waals surface area contributed by atoms with Crippen LogP contribution in [-0.4, -0.2) is 34.9 Å². The van der Waals surface area contributed by atoms with Crippen LogP contribution < -0.4 is 5.73 Å². The molecule has 0 aromatic heterocycles. The van der Waals surface area contributed by atoms with Crippen LogP contribution in [0.2, 0.25) is 5.02 Å². The molecule has 3 unspecified atom stereocenters. The highest BCUT2D eigenvalue weighted by molar-refractivity contribution is 6.31. The predicted octanol–water partition coefficient (Wildman–Crippen LogP) is 2.06. The molecule has 3 rings (SSSR count). The van der Waals surface area contributed by atoms with E-state index in [1.165, 1.54) is 18.2 Å². The fourth-order valence-electron chi connectivity index (χ4n) is 3.46. The molecule has 1 aromatic rings. The minimum Gasteiger partial charge on any atom is -0.338 e. The molecule has 0 spiro atoms. The van der Waals surface area contributed by atoms with Crippen LogP contribution in [-0.2, 0) is 0 Å². The molecule has 0 bridgehead atoms. The lowest BCUT2D eigenvalue weighted by Crippen LogP contribution is -2.33. The minimum absolute atomic E-state index is 0.154. The van der Waals surface area contributed by atoms with Gasteiger partial charge >= 0.3 is 0 Å². The van der Waals surface area contributed by atoms with Crippen LogP contribution in [0.4, 0.5) is 5.69 Å². The Morgan fingerprint density at radius 3 is 2.76 bits per heavy atom. The Kier molecular flexibility index (Phi) is 3.59. The van der Waals surface area contributed by atoms with Gasteiger partial charge in [0.25, 0.3) is 11.6 Å². The van der Waals surface area contributed by atoms with Crippen molar-refractivity contribution in [1.29, 1.82) is 0 Å². The molecule has 112 valence electrons. The molecule has 3 atom stereocenters. The number of nitrogens with two attached hydrogens (primary N) is 1. The summed E-state index contributed by atoms with van der Waals surface area (Å²) >= 11 is 5.87. The highest BCUT2D eigenvalue weighted by Crippen LogP contribution is 2.37. The van der Waals surface area contributed by atoms with Gasteiger partial charge in [0.15, 0.2) is 0 Å². The molecule has 6 nitrogen and oxygen atoms in total. The van der Waals surface area contributed by atoms with E-state index in [4.69, 9.17) is 17.3 Å². The number of nitro benzene ring substituents is 1. The number of hydrogen-bond acceptors (Lipinski definition) is 4. The van der Waals surface area contributed by atoms with Crippen LogP contribution in [0.3, 0.4) is 0 Å². The first kappa shape index (κ1) is 14.3. The Bertz CT molecular complexity index is 607. The summed E-state index contributed by atoms with van der Waals surface area (Å²) in [6, 6.07) is 4.15. The van der Waals surface area contributed by atoms with Crippen molar-refractivity contribution in [3.05, 3.63) is 38.9 Å². The molecule has 1 saturated carbocycles. The standard InChI is InChI=1S/C14H16ClN3O3/c15-10-3-9(4-11(5-10)18(20)21)14(19)17-6-8-1-2-13(16)12(8)7-17/h3-5,8,12-13H,1-2,6-7,16H2. The fraction of sp³-hybridized carbons (Fsp3) is 0.500. The lowest BCUT2D eigenvalue weighted by molar-refractivity contribution is -0.384. The molecular formula is C14H16ClN3O3. The second-order valence-corrected chi connectivity index (χ2v) is 6.27. The third-order valence-corrected chi connectivity index (χ3v) is 4.76. The van der Waals surface area contributed by atoms with Crippen LogP contribution in [0.15, 0.2) is 18.2 Å². The number of rotatable bonds is 2. The van der Waals surface area contributed by atoms with E-state index >= 15 is 0 Å². The molecule has 2 N–H and O–H groups in total. The van der Waals surface area contributed by atoms with E-state index in [0.29, 0.717) is 24.9 Å². The zero-order valence-electron chi connectivity index (χ0n) is 11.4. The number of carbonyl (C=O) groups excluding carboxylic acids is 1. The normalized spacial score (nSPS) is 27.7. The van der Waals surface area contributed by atoms with Crippen molar-refractivity contribution in [3.63, 3.8) is 0 Å². The summed E-state index contributed by atoms with van der Waals surface area (Å²) in [6.07, 6.45) is 2.06. The average Bonchev–Trinajstić information content (AvgIpc) is 3.00. The van der Waals surface area contributed by atoms with Crippen molar-refractivity contribution >= 4 is 23.2 Å². The van der Waals surface area contributed by atoms with Crippen LogP contribution >= 0.6 is 11.6 Å². The Hall–Kier alpha value is -1.66. The average molecular weight is 310 g/mol. The quantitative estimate of drug-likeness (QED) is 0.669. The third kappa shape index (κ3) is 2.61. The first-order chi connectivity index (χ1) is 9.95. The van der Waals surface area contributed by atoms with E-state index < -0.39 is 4.92 Å².